The minimum atomic E-state index is -1.13. The van der Waals surface area contributed by atoms with Gasteiger partial charge in [0.25, 0.3) is 11.8 Å². The van der Waals surface area contributed by atoms with Crippen LogP contribution in [0, 0.1) is 5.82 Å². The van der Waals surface area contributed by atoms with E-state index < -0.39 is 17.9 Å². The number of nitrogens with two attached hydrogens (primary N) is 1. The van der Waals surface area contributed by atoms with Crippen LogP contribution in [0.15, 0.2) is 65.0 Å². The van der Waals surface area contributed by atoms with Gasteiger partial charge in [-0.3, -0.25) is 14.6 Å². The number of carbonyl (C=O) groups excluding carboxylic acids is 2. The number of halogens is 1. The van der Waals surface area contributed by atoms with Gasteiger partial charge in [-0.25, -0.2) is 4.39 Å². The van der Waals surface area contributed by atoms with Gasteiger partial charge in [0.15, 0.2) is 18.1 Å². The summed E-state index contributed by atoms with van der Waals surface area (Å²) in [7, 11) is 2.94. The lowest BCUT2D eigenvalue weighted by Crippen LogP contribution is -2.33. The smallest absolute Gasteiger partial charge is 0.255 e. The molecule has 2 amide bonds. The van der Waals surface area contributed by atoms with E-state index in [0.717, 1.165) is 5.56 Å². The Morgan fingerprint density at radius 2 is 1.92 bits per heavy atom. The monoisotopic (exact) mass is 511 g/mol. The van der Waals surface area contributed by atoms with Crippen LogP contribution in [0.4, 0.5) is 4.39 Å². The Morgan fingerprint density at radius 3 is 2.59 bits per heavy atom. The number of amides is 2. The summed E-state index contributed by atoms with van der Waals surface area (Å²) in [4.78, 5) is 28.3. The average molecular weight is 512 g/mol. The van der Waals surface area contributed by atoms with E-state index in [2.05, 4.69) is 10.3 Å². The highest BCUT2D eigenvalue weighted by Crippen LogP contribution is 2.28. The van der Waals surface area contributed by atoms with Crippen molar-refractivity contribution in [3.8, 4) is 11.5 Å². The van der Waals surface area contributed by atoms with Crippen LogP contribution in [0.3, 0.4) is 0 Å². The number of allylic oxidation sites excluding steroid dienone is 3. The molecule has 4 N–H and O–H groups in total. The number of rotatable bonds is 11. The van der Waals surface area contributed by atoms with E-state index >= 15 is 0 Å². The first kappa shape index (κ1) is 27.4. The zero-order valence-corrected chi connectivity index (χ0v) is 20.9. The topological polar surface area (TPSA) is 132 Å². The predicted octanol–water partition coefficient (Wildman–Crippen LogP) is 2.66. The van der Waals surface area contributed by atoms with E-state index in [4.69, 9.17) is 19.9 Å². The van der Waals surface area contributed by atoms with Gasteiger partial charge in [0.1, 0.15) is 17.7 Å². The molecule has 37 heavy (non-hydrogen) atoms. The first-order valence-electron chi connectivity index (χ1n) is 11.6. The zero-order valence-electron chi connectivity index (χ0n) is 20.9. The molecule has 1 aliphatic heterocycles. The normalized spacial score (nSPS) is 13.9. The van der Waals surface area contributed by atoms with Crippen molar-refractivity contribution in [3.63, 3.8) is 0 Å². The second kappa shape index (κ2) is 12.7. The number of nitrogens with one attached hydrogen (secondary N) is 1. The third-order valence-corrected chi connectivity index (χ3v) is 5.66. The molecule has 1 heterocycles. The van der Waals surface area contributed by atoms with Crippen molar-refractivity contribution in [2.75, 3.05) is 27.4 Å². The molecule has 2 aromatic carbocycles. The Labute approximate surface area is 214 Å². The minimum absolute atomic E-state index is 0.122. The second-order valence-electron chi connectivity index (χ2n) is 8.17. The first-order chi connectivity index (χ1) is 17.7. The summed E-state index contributed by atoms with van der Waals surface area (Å²) in [6.07, 6.45) is 3.09. The number of hydrogen-bond donors (Lipinski definition) is 3. The summed E-state index contributed by atoms with van der Waals surface area (Å²) in [5.41, 5.74) is 7.55. The number of carbonyl (C=O) groups is 2. The van der Waals surface area contributed by atoms with Crippen molar-refractivity contribution in [1.82, 2.24) is 5.32 Å². The molecule has 1 atom stereocenters. The largest absolute Gasteiger partial charge is 0.501 e. The summed E-state index contributed by atoms with van der Waals surface area (Å²) in [5.74, 6) is -0.261. The number of nitrogens with zero attached hydrogens (tertiary/aromatic N) is 1. The maximum atomic E-state index is 14.0. The van der Waals surface area contributed by atoms with Crippen molar-refractivity contribution < 1.29 is 33.3 Å². The lowest BCUT2D eigenvalue weighted by molar-refractivity contribution is -0.119. The highest BCUT2D eigenvalue weighted by molar-refractivity contribution is 6.03. The molecule has 2 aromatic rings. The van der Waals surface area contributed by atoms with Crippen LogP contribution in [-0.2, 0) is 16.0 Å². The number of methoxy groups -OCH3 is 2. The van der Waals surface area contributed by atoms with Crippen molar-refractivity contribution in [3.05, 3.63) is 82.5 Å². The van der Waals surface area contributed by atoms with E-state index in [1.165, 1.54) is 31.4 Å². The summed E-state index contributed by atoms with van der Waals surface area (Å²) in [6.45, 7) is 1.42. The maximum absolute atomic E-state index is 14.0. The van der Waals surface area contributed by atoms with Gasteiger partial charge in [0.05, 0.1) is 25.6 Å². The maximum Gasteiger partial charge on any atom is 0.255 e. The van der Waals surface area contributed by atoms with Crippen LogP contribution in [0.5, 0.6) is 11.5 Å². The van der Waals surface area contributed by atoms with Gasteiger partial charge in [-0.2, -0.15) is 0 Å². The summed E-state index contributed by atoms with van der Waals surface area (Å²) in [6, 6.07) is 9.21. The third-order valence-electron chi connectivity index (χ3n) is 5.66. The molecule has 0 saturated heterocycles. The van der Waals surface area contributed by atoms with Crippen LogP contribution >= 0.6 is 0 Å². The number of benzene rings is 2. The number of primary amides is 1. The molecule has 1 unspecified atom stereocenters. The summed E-state index contributed by atoms with van der Waals surface area (Å²) in [5, 5.41) is 13.5. The average Bonchev–Trinajstić information content (AvgIpc) is 3.13. The number of aliphatic imine (C=N–C) groups is 1. The lowest BCUT2D eigenvalue weighted by Gasteiger charge is -2.15. The molecule has 0 aromatic heterocycles. The molecular formula is C27H30FN3O6. The van der Waals surface area contributed by atoms with Gasteiger partial charge < -0.3 is 30.4 Å². The number of aliphatic hydroxyl groups is 1. The molecule has 0 bridgehead atoms. The standard InChI is InChI=1S/C27H30FN3O6/c1-4-16-11-17(5-8-20(16)28)22-13-19(35-2)7-9-21(31-22)23(32)14-30-27(34)18-6-10-24(25(12-18)36-3)37-15-26(29)33/h5-12,23,32H,4,13-15H2,1-3H3,(H2,29,33)(H,30,34). The lowest BCUT2D eigenvalue weighted by atomic mass is 10.0. The fourth-order valence-electron chi connectivity index (χ4n) is 3.63. The van der Waals surface area contributed by atoms with Gasteiger partial charge in [0, 0.05) is 18.5 Å². The Hall–Kier alpha value is -4.18. The molecular weight excluding hydrogens is 481 g/mol. The minimum Gasteiger partial charge on any atom is -0.501 e. The van der Waals surface area contributed by atoms with Crippen LogP contribution in [0.25, 0.3) is 0 Å². The molecule has 3 rings (SSSR count). The van der Waals surface area contributed by atoms with Crippen molar-refractivity contribution in [1.29, 1.82) is 0 Å². The van der Waals surface area contributed by atoms with Gasteiger partial charge in [0.2, 0.25) is 0 Å². The molecule has 0 spiro atoms. The number of hydrogen-bond acceptors (Lipinski definition) is 7. The highest BCUT2D eigenvalue weighted by Gasteiger charge is 2.19. The SMILES string of the molecule is CCc1cc(C2=NC(C(O)CNC(=O)c3ccc(OCC(N)=O)c(OC)c3)=CC=C(OC)C2)ccc1F. The Bertz CT molecular complexity index is 1250. The van der Waals surface area contributed by atoms with Gasteiger partial charge in [-0.05, 0) is 60.0 Å². The Kier molecular flexibility index (Phi) is 9.39. The van der Waals surface area contributed by atoms with Crippen LogP contribution in [-0.4, -0.2) is 56.1 Å². The molecule has 10 heteroatoms. The number of aryl methyl sites for hydroxylation is 1. The van der Waals surface area contributed by atoms with Crippen LogP contribution < -0.4 is 20.5 Å². The quantitative estimate of drug-likeness (QED) is 0.425. The summed E-state index contributed by atoms with van der Waals surface area (Å²) >= 11 is 0. The molecule has 196 valence electrons. The van der Waals surface area contributed by atoms with Gasteiger partial charge in [-0.15, -0.1) is 0 Å². The van der Waals surface area contributed by atoms with E-state index in [1.807, 2.05) is 6.92 Å². The second-order valence-corrected chi connectivity index (χ2v) is 8.17. The van der Waals surface area contributed by atoms with Crippen molar-refractivity contribution in [2.45, 2.75) is 25.9 Å². The number of ether oxygens (including phenoxy) is 3. The molecule has 0 radical (unpaired) electrons. The van der Waals surface area contributed by atoms with E-state index in [9.17, 15) is 19.1 Å². The predicted molar refractivity (Wildman–Crippen MR) is 136 cm³/mol. The number of aliphatic hydroxyl groups excluding tert-OH is 1. The Balaban J connectivity index is 1.75. The van der Waals surface area contributed by atoms with Crippen LogP contribution in [0.1, 0.15) is 34.8 Å². The molecule has 0 fully saturated rings. The van der Waals surface area contributed by atoms with Gasteiger partial charge in [-0.1, -0.05) is 13.0 Å². The fraction of sp³-hybridized carbons (Fsp3) is 0.296. The highest BCUT2D eigenvalue weighted by atomic mass is 19.1. The summed E-state index contributed by atoms with van der Waals surface area (Å²) < 4.78 is 29.9. The van der Waals surface area contributed by atoms with Crippen LogP contribution in [0.2, 0.25) is 0 Å². The zero-order chi connectivity index (χ0) is 26.9. The van der Waals surface area contributed by atoms with E-state index in [-0.39, 0.29) is 36.0 Å². The first-order valence-corrected chi connectivity index (χ1v) is 11.6. The fourth-order valence-corrected chi connectivity index (χ4v) is 3.63. The molecule has 0 aliphatic carbocycles. The molecule has 1 aliphatic rings. The van der Waals surface area contributed by atoms with E-state index in [1.54, 1.807) is 31.4 Å². The third kappa shape index (κ3) is 7.17. The molecule has 9 nitrogen and oxygen atoms in total. The Morgan fingerprint density at radius 1 is 1.14 bits per heavy atom. The molecule has 0 saturated carbocycles. The van der Waals surface area contributed by atoms with Crippen molar-refractivity contribution in [2.24, 2.45) is 10.7 Å². The van der Waals surface area contributed by atoms with Crippen molar-refractivity contribution >= 4 is 17.5 Å². The van der Waals surface area contributed by atoms with E-state index in [0.29, 0.717) is 35.6 Å². The van der Waals surface area contributed by atoms with Gasteiger partial charge >= 0.3 is 0 Å².